The average Bonchev–Trinajstić information content (AvgIpc) is 3.33. The minimum atomic E-state index is -1.02. The van der Waals surface area contributed by atoms with Crippen LogP contribution >= 0.6 is 11.3 Å². The van der Waals surface area contributed by atoms with E-state index >= 15 is 0 Å². The number of carbonyl (C=O) groups is 1. The molecule has 2 N–H and O–H groups in total. The van der Waals surface area contributed by atoms with E-state index in [1.807, 2.05) is 49.3 Å². The van der Waals surface area contributed by atoms with Crippen LogP contribution < -0.4 is 16.3 Å². The SMILES string of the molecule is CN(C)c1cccc(-c2ccc(Cn3cnn(CC(=CF)COC(N)=O)c3=O)s2)c1. The number of thiophene rings is 1. The van der Waals surface area contributed by atoms with Crippen molar-refractivity contribution in [3.8, 4) is 10.4 Å². The average molecular weight is 431 g/mol. The van der Waals surface area contributed by atoms with Crippen LogP contribution in [0, 0.1) is 0 Å². The van der Waals surface area contributed by atoms with Crippen LogP contribution in [0.25, 0.3) is 10.4 Å². The molecule has 30 heavy (non-hydrogen) atoms. The molecular formula is C20H22FN5O3S. The molecule has 2 aromatic heterocycles. The van der Waals surface area contributed by atoms with E-state index < -0.39 is 11.8 Å². The van der Waals surface area contributed by atoms with Crippen LogP contribution in [0.1, 0.15) is 4.88 Å². The summed E-state index contributed by atoms with van der Waals surface area (Å²) < 4.78 is 20.1. The Hall–Kier alpha value is -3.40. The second-order valence-corrected chi connectivity index (χ2v) is 7.95. The van der Waals surface area contributed by atoms with E-state index in [0.29, 0.717) is 6.54 Å². The summed E-state index contributed by atoms with van der Waals surface area (Å²) in [5.74, 6) is 0. The van der Waals surface area contributed by atoms with Crippen molar-refractivity contribution < 1.29 is 13.9 Å². The first kappa shape index (κ1) is 21.3. The highest BCUT2D eigenvalue weighted by Crippen LogP contribution is 2.30. The second kappa shape index (κ2) is 9.40. The van der Waals surface area contributed by atoms with Crippen molar-refractivity contribution in [1.82, 2.24) is 14.3 Å². The number of rotatable bonds is 8. The largest absolute Gasteiger partial charge is 0.445 e. The van der Waals surface area contributed by atoms with Crippen molar-refractivity contribution in [3.63, 3.8) is 0 Å². The van der Waals surface area contributed by atoms with Gasteiger partial charge in [-0.05, 0) is 29.8 Å². The molecule has 0 unspecified atom stereocenters. The molecule has 3 aromatic rings. The van der Waals surface area contributed by atoms with Gasteiger partial charge in [-0.15, -0.1) is 11.3 Å². The number of hydrogen-bond acceptors (Lipinski definition) is 6. The topological polar surface area (TPSA) is 95.4 Å². The molecule has 0 saturated carbocycles. The standard InChI is InChI=1S/C20H22FN5O3S/c1-24(2)16-5-3-4-15(8-16)18-7-6-17(30-18)11-25-13-23-26(20(25)28)10-14(9-21)12-29-19(22)27/h3-9,13H,10-12H2,1-2H3,(H2,22,27). The molecule has 2 heterocycles. The number of anilines is 1. The lowest BCUT2D eigenvalue weighted by atomic mass is 10.1. The van der Waals surface area contributed by atoms with Gasteiger partial charge in [0.15, 0.2) is 0 Å². The fraction of sp³-hybridized carbons (Fsp3) is 0.250. The number of hydrogen-bond donors (Lipinski definition) is 1. The van der Waals surface area contributed by atoms with Gasteiger partial charge in [-0.2, -0.15) is 5.10 Å². The van der Waals surface area contributed by atoms with E-state index in [1.165, 1.54) is 10.9 Å². The zero-order valence-corrected chi connectivity index (χ0v) is 17.4. The normalized spacial score (nSPS) is 11.5. The van der Waals surface area contributed by atoms with E-state index in [4.69, 9.17) is 5.73 Å². The smallest absolute Gasteiger partial charge is 0.404 e. The Balaban J connectivity index is 1.72. The predicted molar refractivity (Wildman–Crippen MR) is 114 cm³/mol. The van der Waals surface area contributed by atoms with Crippen molar-refractivity contribution in [1.29, 1.82) is 0 Å². The molecule has 3 rings (SSSR count). The van der Waals surface area contributed by atoms with Crippen molar-refractivity contribution in [3.05, 3.63) is 70.0 Å². The molecule has 0 aliphatic rings. The van der Waals surface area contributed by atoms with Crippen LogP contribution in [0.15, 0.2) is 59.4 Å². The maximum absolute atomic E-state index is 13.0. The molecule has 0 aliphatic carbocycles. The fourth-order valence-corrected chi connectivity index (χ4v) is 3.78. The Morgan fingerprint density at radius 2 is 2.13 bits per heavy atom. The molecule has 158 valence electrons. The molecule has 8 nitrogen and oxygen atoms in total. The first-order chi connectivity index (χ1) is 14.4. The van der Waals surface area contributed by atoms with Crippen molar-refractivity contribution >= 4 is 23.1 Å². The molecule has 0 fully saturated rings. The summed E-state index contributed by atoms with van der Waals surface area (Å²) in [4.78, 5) is 27.3. The minimum Gasteiger partial charge on any atom is -0.445 e. The van der Waals surface area contributed by atoms with Gasteiger partial charge in [0, 0.05) is 35.1 Å². The lowest BCUT2D eigenvalue weighted by Crippen LogP contribution is -2.26. The summed E-state index contributed by atoms with van der Waals surface area (Å²) in [6.07, 6.45) is 0.665. The van der Waals surface area contributed by atoms with Gasteiger partial charge in [-0.25, -0.2) is 18.7 Å². The Bertz CT molecular complexity index is 1120. The molecule has 0 atom stereocenters. The quantitative estimate of drug-likeness (QED) is 0.592. The number of aromatic nitrogens is 3. The number of ether oxygens (including phenoxy) is 1. The van der Waals surface area contributed by atoms with Crippen LogP contribution in [0.2, 0.25) is 0 Å². The molecular weight excluding hydrogens is 409 g/mol. The summed E-state index contributed by atoms with van der Waals surface area (Å²) in [5, 5.41) is 4.01. The number of halogens is 1. The van der Waals surface area contributed by atoms with Gasteiger partial charge in [0.2, 0.25) is 0 Å². The Morgan fingerprint density at radius 3 is 2.83 bits per heavy atom. The Kier molecular flexibility index (Phi) is 6.68. The molecule has 1 aromatic carbocycles. The maximum atomic E-state index is 13.0. The third-order valence-electron chi connectivity index (χ3n) is 4.34. The first-order valence-electron chi connectivity index (χ1n) is 9.06. The van der Waals surface area contributed by atoms with Gasteiger partial charge in [-0.3, -0.25) is 4.57 Å². The van der Waals surface area contributed by atoms with Crippen molar-refractivity contribution in [2.45, 2.75) is 13.1 Å². The van der Waals surface area contributed by atoms with Crippen LogP contribution in [-0.2, 0) is 17.8 Å². The summed E-state index contributed by atoms with van der Waals surface area (Å²) in [6.45, 7) is -0.128. The van der Waals surface area contributed by atoms with Gasteiger partial charge in [0.05, 0.1) is 19.4 Å². The molecule has 0 spiro atoms. The molecule has 0 radical (unpaired) electrons. The number of benzene rings is 1. The van der Waals surface area contributed by atoms with Gasteiger partial charge in [0.1, 0.15) is 12.9 Å². The van der Waals surface area contributed by atoms with Crippen LogP contribution in [0.3, 0.4) is 0 Å². The Morgan fingerprint density at radius 1 is 1.33 bits per heavy atom. The van der Waals surface area contributed by atoms with Crippen LogP contribution in [0.5, 0.6) is 0 Å². The summed E-state index contributed by atoms with van der Waals surface area (Å²) >= 11 is 1.59. The monoisotopic (exact) mass is 431 g/mol. The molecule has 0 aliphatic heterocycles. The van der Waals surface area contributed by atoms with E-state index in [0.717, 1.165) is 25.7 Å². The van der Waals surface area contributed by atoms with E-state index in [-0.39, 0.29) is 25.1 Å². The highest BCUT2D eigenvalue weighted by Gasteiger charge is 2.11. The summed E-state index contributed by atoms with van der Waals surface area (Å²) in [7, 11) is 3.99. The summed E-state index contributed by atoms with van der Waals surface area (Å²) in [6, 6.07) is 12.2. The fourth-order valence-electron chi connectivity index (χ4n) is 2.78. The summed E-state index contributed by atoms with van der Waals surface area (Å²) in [5.41, 5.74) is 6.77. The zero-order valence-electron chi connectivity index (χ0n) is 16.6. The zero-order chi connectivity index (χ0) is 21.7. The first-order valence-corrected chi connectivity index (χ1v) is 9.88. The predicted octanol–water partition coefficient (Wildman–Crippen LogP) is 2.84. The third-order valence-corrected chi connectivity index (χ3v) is 5.46. The lowest BCUT2D eigenvalue weighted by Gasteiger charge is -2.12. The highest BCUT2D eigenvalue weighted by atomic mass is 32.1. The van der Waals surface area contributed by atoms with E-state index in [9.17, 15) is 14.0 Å². The van der Waals surface area contributed by atoms with Gasteiger partial charge in [0.25, 0.3) is 0 Å². The number of carbonyl (C=O) groups excluding carboxylic acids is 1. The van der Waals surface area contributed by atoms with E-state index in [1.54, 1.807) is 11.3 Å². The van der Waals surface area contributed by atoms with E-state index in [2.05, 4.69) is 15.9 Å². The van der Waals surface area contributed by atoms with Gasteiger partial charge in [-0.1, -0.05) is 12.1 Å². The third kappa shape index (κ3) is 5.15. The molecule has 0 bridgehead atoms. The second-order valence-electron chi connectivity index (χ2n) is 6.78. The number of nitrogens with zero attached hydrogens (tertiary/aromatic N) is 4. The van der Waals surface area contributed by atoms with Gasteiger partial charge < -0.3 is 15.4 Å². The number of nitrogens with two attached hydrogens (primary N) is 1. The molecule has 0 saturated heterocycles. The van der Waals surface area contributed by atoms with Crippen LogP contribution in [-0.4, -0.2) is 41.1 Å². The lowest BCUT2D eigenvalue weighted by molar-refractivity contribution is 0.164. The van der Waals surface area contributed by atoms with Crippen LogP contribution in [0.4, 0.5) is 14.9 Å². The minimum absolute atomic E-state index is 0.0698. The number of amides is 1. The highest BCUT2D eigenvalue weighted by molar-refractivity contribution is 7.15. The van der Waals surface area contributed by atoms with Gasteiger partial charge >= 0.3 is 11.8 Å². The Labute approximate surface area is 176 Å². The maximum Gasteiger partial charge on any atom is 0.404 e. The molecule has 10 heteroatoms. The molecule has 1 amide bonds. The number of primary amides is 1. The van der Waals surface area contributed by atoms with Crippen molar-refractivity contribution in [2.24, 2.45) is 5.73 Å². The van der Waals surface area contributed by atoms with Crippen molar-refractivity contribution in [2.75, 3.05) is 25.6 Å².